The number of halogens is 2. The van der Waals surface area contributed by atoms with Gasteiger partial charge in [0.05, 0.1) is 5.69 Å². The third-order valence-electron chi connectivity index (χ3n) is 4.34. The van der Waals surface area contributed by atoms with Gasteiger partial charge >= 0.3 is 11.7 Å². The largest absolute Gasteiger partial charge is 0.444 e. The lowest BCUT2D eigenvalue weighted by atomic mass is 10.2. The predicted molar refractivity (Wildman–Crippen MR) is 103 cm³/mol. The van der Waals surface area contributed by atoms with E-state index < -0.39 is 34.3 Å². The zero-order chi connectivity index (χ0) is 21.3. The lowest BCUT2D eigenvalue weighted by Gasteiger charge is -2.36. The number of hydrogen-bond acceptors (Lipinski definition) is 5. The number of benzene rings is 1. The number of nitrogens with zero attached hydrogens (tertiary/aromatic N) is 3. The monoisotopic (exact) mass is 408 g/mol. The summed E-state index contributed by atoms with van der Waals surface area (Å²) in [7, 11) is 0. The van der Waals surface area contributed by atoms with Crippen LogP contribution in [0.2, 0.25) is 0 Å². The molecule has 0 spiro atoms. The van der Waals surface area contributed by atoms with Gasteiger partial charge in [0, 0.05) is 38.4 Å². The number of aromatic nitrogens is 2. The van der Waals surface area contributed by atoms with Gasteiger partial charge in [0.1, 0.15) is 22.9 Å². The van der Waals surface area contributed by atoms with Crippen LogP contribution in [0.1, 0.15) is 20.8 Å². The minimum Gasteiger partial charge on any atom is -0.444 e. The number of anilines is 1. The van der Waals surface area contributed by atoms with Crippen molar-refractivity contribution in [3.63, 3.8) is 0 Å². The van der Waals surface area contributed by atoms with Crippen LogP contribution in [0.15, 0.2) is 34.0 Å². The molecular formula is C19H22F2N4O4. The molecular weight excluding hydrogens is 386 g/mol. The molecule has 1 aliphatic rings. The molecule has 0 unspecified atom stereocenters. The van der Waals surface area contributed by atoms with Crippen molar-refractivity contribution in [2.75, 3.05) is 31.1 Å². The summed E-state index contributed by atoms with van der Waals surface area (Å²) < 4.78 is 33.0. The first kappa shape index (κ1) is 20.6. The molecule has 1 aromatic heterocycles. The van der Waals surface area contributed by atoms with Crippen molar-refractivity contribution in [3.05, 3.63) is 56.6 Å². The lowest BCUT2D eigenvalue weighted by molar-refractivity contribution is 0.0240. The van der Waals surface area contributed by atoms with Gasteiger partial charge in [0.15, 0.2) is 0 Å². The lowest BCUT2D eigenvalue weighted by Crippen LogP contribution is -2.52. The van der Waals surface area contributed by atoms with E-state index in [2.05, 4.69) is 5.10 Å². The summed E-state index contributed by atoms with van der Waals surface area (Å²) in [5.74, 6) is -1.73. The van der Waals surface area contributed by atoms with Gasteiger partial charge in [0.2, 0.25) is 0 Å². The summed E-state index contributed by atoms with van der Waals surface area (Å²) in [6.45, 7) is 6.65. The Morgan fingerprint density at radius 3 is 2.17 bits per heavy atom. The quantitative estimate of drug-likeness (QED) is 0.767. The zero-order valence-electron chi connectivity index (χ0n) is 16.4. The summed E-state index contributed by atoms with van der Waals surface area (Å²) in [5, 5.41) is 2.60. The van der Waals surface area contributed by atoms with Crippen molar-refractivity contribution in [1.82, 2.24) is 14.7 Å². The molecule has 1 aliphatic heterocycles. The molecule has 0 radical (unpaired) electrons. The minimum atomic E-state index is -0.956. The SMILES string of the molecule is CC(C)(C)OC(=O)N1CCN(c2c[nH]n(-c3cc(F)cc(F)c3)c(=O)c2=O)CC1. The maximum Gasteiger partial charge on any atom is 0.410 e. The molecule has 29 heavy (non-hydrogen) atoms. The fourth-order valence-electron chi connectivity index (χ4n) is 3.01. The van der Waals surface area contributed by atoms with Gasteiger partial charge in [-0.25, -0.2) is 18.3 Å². The van der Waals surface area contributed by atoms with Crippen LogP contribution in [0, 0.1) is 11.6 Å². The van der Waals surface area contributed by atoms with Crippen molar-refractivity contribution in [2.24, 2.45) is 0 Å². The molecule has 156 valence electrons. The van der Waals surface area contributed by atoms with Crippen LogP contribution in [-0.2, 0) is 4.74 Å². The van der Waals surface area contributed by atoms with E-state index in [1.54, 1.807) is 25.7 Å². The Hall–Kier alpha value is -3.17. The molecule has 8 nitrogen and oxygen atoms in total. The Bertz CT molecular complexity index is 1010. The Balaban J connectivity index is 1.78. The molecule has 0 aliphatic carbocycles. The van der Waals surface area contributed by atoms with Crippen LogP contribution < -0.4 is 15.9 Å². The topological polar surface area (TPSA) is 87.6 Å². The van der Waals surface area contributed by atoms with E-state index in [4.69, 9.17) is 4.74 Å². The molecule has 1 saturated heterocycles. The van der Waals surface area contributed by atoms with Crippen molar-refractivity contribution in [3.8, 4) is 5.69 Å². The Kier molecular flexibility index (Phi) is 5.45. The first-order chi connectivity index (χ1) is 13.5. The van der Waals surface area contributed by atoms with Crippen LogP contribution >= 0.6 is 0 Å². The van der Waals surface area contributed by atoms with Crippen LogP contribution in [-0.4, -0.2) is 52.6 Å². The first-order valence-corrected chi connectivity index (χ1v) is 9.09. The van der Waals surface area contributed by atoms with E-state index in [1.807, 2.05) is 0 Å². The summed E-state index contributed by atoms with van der Waals surface area (Å²) in [5.41, 5.74) is -2.36. The van der Waals surface area contributed by atoms with E-state index in [0.717, 1.165) is 16.8 Å². The highest BCUT2D eigenvalue weighted by molar-refractivity contribution is 5.68. The molecule has 1 fully saturated rings. The predicted octanol–water partition coefficient (Wildman–Crippen LogP) is 1.86. The van der Waals surface area contributed by atoms with Gasteiger partial charge in [-0.15, -0.1) is 0 Å². The van der Waals surface area contributed by atoms with Crippen LogP contribution in [0.25, 0.3) is 5.69 Å². The normalized spacial score (nSPS) is 14.8. The highest BCUT2D eigenvalue weighted by Crippen LogP contribution is 2.15. The highest BCUT2D eigenvalue weighted by atomic mass is 19.1. The van der Waals surface area contributed by atoms with Crippen molar-refractivity contribution < 1.29 is 18.3 Å². The number of hydrogen-bond donors (Lipinski definition) is 1. The van der Waals surface area contributed by atoms with Crippen molar-refractivity contribution in [2.45, 2.75) is 26.4 Å². The average Bonchev–Trinajstić information content (AvgIpc) is 2.62. The number of carbonyl (C=O) groups excluding carboxylic acids is 1. The second-order valence-electron chi connectivity index (χ2n) is 7.71. The number of aromatic amines is 1. The van der Waals surface area contributed by atoms with E-state index >= 15 is 0 Å². The molecule has 0 saturated carbocycles. The molecule has 1 N–H and O–H groups in total. The maximum atomic E-state index is 13.4. The van der Waals surface area contributed by atoms with Gasteiger partial charge in [-0.05, 0) is 32.9 Å². The van der Waals surface area contributed by atoms with Crippen molar-refractivity contribution in [1.29, 1.82) is 0 Å². The summed E-state index contributed by atoms with van der Waals surface area (Å²) >= 11 is 0. The number of rotatable bonds is 2. The number of amides is 1. The number of nitrogens with one attached hydrogen (secondary N) is 1. The van der Waals surface area contributed by atoms with Crippen LogP contribution in [0.5, 0.6) is 0 Å². The number of piperazine rings is 1. The maximum absolute atomic E-state index is 13.4. The van der Waals surface area contributed by atoms with Crippen LogP contribution in [0.4, 0.5) is 19.3 Å². The highest BCUT2D eigenvalue weighted by Gasteiger charge is 2.27. The fraction of sp³-hybridized carbons (Fsp3) is 0.421. The second kappa shape index (κ2) is 7.69. The van der Waals surface area contributed by atoms with Gasteiger partial charge < -0.3 is 14.5 Å². The second-order valence-corrected chi connectivity index (χ2v) is 7.71. The van der Waals surface area contributed by atoms with Crippen LogP contribution in [0.3, 0.4) is 0 Å². The van der Waals surface area contributed by atoms with E-state index in [9.17, 15) is 23.2 Å². The van der Waals surface area contributed by atoms with Gasteiger partial charge in [-0.2, -0.15) is 0 Å². The van der Waals surface area contributed by atoms with Crippen molar-refractivity contribution >= 4 is 11.8 Å². The zero-order valence-corrected chi connectivity index (χ0v) is 16.4. The Labute approximate surface area is 165 Å². The smallest absolute Gasteiger partial charge is 0.410 e. The first-order valence-electron chi connectivity index (χ1n) is 9.09. The average molecular weight is 408 g/mol. The standard InChI is InChI=1S/C19H22F2N4O4/c1-19(2,3)29-18(28)24-6-4-23(5-7-24)15-11-22-25(17(27)16(15)26)14-9-12(20)8-13(21)10-14/h8-11,22H,4-7H2,1-3H3. The third kappa shape index (κ3) is 4.64. The molecule has 2 aromatic rings. The molecule has 0 bridgehead atoms. The Morgan fingerprint density at radius 2 is 1.62 bits per heavy atom. The minimum absolute atomic E-state index is 0.120. The summed E-state index contributed by atoms with van der Waals surface area (Å²) in [6.07, 6.45) is 0.880. The van der Waals surface area contributed by atoms with E-state index in [0.29, 0.717) is 32.2 Å². The molecule has 2 heterocycles. The van der Waals surface area contributed by atoms with E-state index in [-0.39, 0.29) is 11.4 Å². The number of ether oxygens (including phenoxy) is 1. The fourth-order valence-corrected chi connectivity index (χ4v) is 3.01. The summed E-state index contributed by atoms with van der Waals surface area (Å²) in [4.78, 5) is 40.3. The molecule has 1 amide bonds. The third-order valence-corrected chi connectivity index (χ3v) is 4.34. The molecule has 1 aromatic carbocycles. The Morgan fingerprint density at radius 1 is 1.03 bits per heavy atom. The van der Waals surface area contributed by atoms with E-state index in [1.165, 1.54) is 11.1 Å². The van der Waals surface area contributed by atoms with Gasteiger partial charge in [-0.1, -0.05) is 0 Å². The number of carbonyl (C=O) groups is 1. The summed E-state index contributed by atoms with van der Waals surface area (Å²) in [6, 6.07) is 2.56. The van der Waals surface area contributed by atoms with Gasteiger partial charge in [-0.3, -0.25) is 14.7 Å². The molecule has 3 rings (SSSR count). The molecule has 0 atom stereocenters. The molecule has 10 heteroatoms. The number of H-pyrrole nitrogens is 1. The van der Waals surface area contributed by atoms with Gasteiger partial charge in [0.25, 0.3) is 5.43 Å².